The van der Waals surface area contributed by atoms with Crippen LogP contribution in [0.25, 0.3) is 0 Å². The molecule has 62 valence electrons. The third kappa shape index (κ3) is 3.85. The Morgan fingerprint density at radius 2 is 1.40 bits per heavy atom. The Balaban J connectivity index is 0.000000371. The number of rotatable bonds is 0. The topological polar surface area (TPSA) is 9.23 Å². The summed E-state index contributed by atoms with van der Waals surface area (Å²) < 4.78 is 6.31. The number of hydrogen-bond acceptors (Lipinski definition) is 1. The van der Waals surface area contributed by atoms with Gasteiger partial charge >= 0.3 is 0 Å². The quantitative estimate of drug-likeness (QED) is 0.465. The van der Waals surface area contributed by atoms with E-state index in [4.69, 9.17) is 4.74 Å². The first-order chi connectivity index (χ1) is 4.71. The molecule has 0 bridgehead atoms. The van der Waals surface area contributed by atoms with E-state index in [9.17, 15) is 0 Å². The van der Waals surface area contributed by atoms with Gasteiger partial charge in [-0.15, -0.1) is 0 Å². The molecule has 1 saturated heterocycles. The van der Waals surface area contributed by atoms with Gasteiger partial charge in [0.25, 0.3) is 0 Å². The minimum atomic E-state index is 0.938. The predicted molar refractivity (Wildman–Crippen MR) is 44.0 cm³/mol. The summed E-state index contributed by atoms with van der Waals surface area (Å²) in [5, 5.41) is 0. The lowest BCUT2D eigenvalue weighted by molar-refractivity contribution is -0.898. The zero-order valence-electron chi connectivity index (χ0n) is 7.68. The molecule has 1 aliphatic rings. The molecule has 1 aliphatic heterocycles. The number of nitrogens with zero attached hydrogens (tertiary/aromatic N) is 1. The van der Waals surface area contributed by atoms with Crippen molar-refractivity contribution in [3.63, 3.8) is 0 Å². The Morgan fingerprint density at radius 1 is 1.00 bits per heavy atom. The van der Waals surface area contributed by atoms with Gasteiger partial charge in [-0.25, -0.2) is 0 Å². The molecule has 10 heavy (non-hydrogen) atoms. The van der Waals surface area contributed by atoms with Crippen molar-refractivity contribution in [2.45, 2.75) is 13.8 Å². The number of hydrogen-bond donors (Lipinski definition) is 0. The fraction of sp³-hybridized carbons (Fsp3) is 1.00. The van der Waals surface area contributed by atoms with Crippen LogP contribution in [0.3, 0.4) is 0 Å². The fourth-order valence-corrected chi connectivity index (χ4v) is 0.837. The Hall–Kier alpha value is -0.0800. The molecular weight excluding hydrogens is 126 g/mol. The minimum Gasteiger partial charge on any atom is -0.370 e. The van der Waals surface area contributed by atoms with Gasteiger partial charge < -0.3 is 9.22 Å². The molecule has 0 spiro atoms. The third-order valence-corrected chi connectivity index (χ3v) is 1.68. The van der Waals surface area contributed by atoms with Gasteiger partial charge in [0.15, 0.2) is 0 Å². The first kappa shape index (κ1) is 9.92. The summed E-state index contributed by atoms with van der Waals surface area (Å²) in [7, 11) is 4.48. The lowest BCUT2D eigenvalue weighted by atomic mass is 10.4. The van der Waals surface area contributed by atoms with Gasteiger partial charge in [0.05, 0.1) is 27.3 Å². The van der Waals surface area contributed by atoms with Crippen LogP contribution in [0.4, 0.5) is 0 Å². The second-order valence-corrected chi connectivity index (χ2v) is 3.00. The molecule has 0 N–H and O–H groups in total. The van der Waals surface area contributed by atoms with Crippen LogP contribution in [0.15, 0.2) is 0 Å². The summed E-state index contributed by atoms with van der Waals surface area (Å²) in [6, 6.07) is 0. The van der Waals surface area contributed by atoms with Gasteiger partial charge in [-0.1, -0.05) is 13.8 Å². The van der Waals surface area contributed by atoms with E-state index in [2.05, 4.69) is 14.1 Å². The lowest BCUT2D eigenvalue weighted by Gasteiger charge is -2.33. The molecule has 0 saturated carbocycles. The molecule has 0 atom stereocenters. The Bertz CT molecular complexity index is 73.3. The smallest absolute Gasteiger partial charge is 0.102 e. The fourth-order valence-electron chi connectivity index (χ4n) is 0.837. The summed E-state index contributed by atoms with van der Waals surface area (Å²) in [6.07, 6.45) is 0. The minimum absolute atomic E-state index is 0.938. The van der Waals surface area contributed by atoms with Crippen molar-refractivity contribution >= 4 is 0 Å². The molecule has 1 rings (SSSR count). The molecule has 1 fully saturated rings. The molecule has 0 aromatic carbocycles. The molecule has 0 aliphatic carbocycles. The van der Waals surface area contributed by atoms with Crippen LogP contribution in [0.5, 0.6) is 0 Å². The molecule has 0 radical (unpaired) electrons. The summed E-state index contributed by atoms with van der Waals surface area (Å²) >= 11 is 0. The Kier molecular flexibility index (Phi) is 4.65. The highest BCUT2D eigenvalue weighted by atomic mass is 16.5. The van der Waals surface area contributed by atoms with Crippen molar-refractivity contribution in [3.8, 4) is 0 Å². The summed E-state index contributed by atoms with van der Waals surface area (Å²) in [5.41, 5.74) is 0. The first-order valence-electron chi connectivity index (χ1n) is 4.10. The van der Waals surface area contributed by atoms with E-state index in [0.29, 0.717) is 0 Å². The van der Waals surface area contributed by atoms with Gasteiger partial charge in [0, 0.05) is 0 Å². The van der Waals surface area contributed by atoms with Crippen molar-refractivity contribution in [1.82, 2.24) is 0 Å². The van der Waals surface area contributed by atoms with Crippen LogP contribution < -0.4 is 0 Å². The molecule has 0 unspecified atom stereocenters. The van der Waals surface area contributed by atoms with Gasteiger partial charge in [-0.05, 0) is 0 Å². The zero-order chi connectivity index (χ0) is 8.04. The first-order valence-corrected chi connectivity index (χ1v) is 4.10. The second kappa shape index (κ2) is 4.69. The van der Waals surface area contributed by atoms with E-state index in [0.717, 1.165) is 17.7 Å². The molecule has 0 aromatic heterocycles. The third-order valence-electron chi connectivity index (χ3n) is 1.68. The molecule has 1 heterocycles. The van der Waals surface area contributed by atoms with Crippen LogP contribution in [0.2, 0.25) is 0 Å². The highest BCUT2D eigenvalue weighted by Gasteiger charge is 2.18. The van der Waals surface area contributed by atoms with Crippen LogP contribution >= 0.6 is 0 Å². The van der Waals surface area contributed by atoms with Crippen molar-refractivity contribution in [2.24, 2.45) is 0 Å². The Labute approximate surface area is 64.4 Å². The summed E-state index contributed by atoms with van der Waals surface area (Å²) in [5.74, 6) is 0. The second-order valence-electron chi connectivity index (χ2n) is 3.00. The molecule has 0 aromatic rings. The predicted octanol–water partition coefficient (Wildman–Crippen LogP) is 1.12. The van der Waals surface area contributed by atoms with Crippen molar-refractivity contribution in [1.29, 1.82) is 0 Å². The van der Waals surface area contributed by atoms with Crippen LogP contribution in [0, 0.1) is 0 Å². The molecular formula is C8H20NO+. The normalized spacial score (nSPS) is 22.8. The number of ether oxygens (including phenoxy) is 1. The van der Waals surface area contributed by atoms with E-state index in [1.54, 1.807) is 0 Å². The van der Waals surface area contributed by atoms with Crippen molar-refractivity contribution < 1.29 is 9.22 Å². The average molecular weight is 146 g/mol. The number of morpholine rings is 1. The zero-order valence-corrected chi connectivity index (χ0v) is 7.68. The molecule has 2 heteroatoms. The van der Waals surface area contributed by atoms with Crippen LogP contribution in [0.1, 0.15) is 13.8 Å². The largest absolute Gasteiger partial charge is 0.370 e. The standard InChI is InChI=1S/C6H14NO.C2H6/c1-7(2)3-5-8-6-4-7;1-2/h3-6H2,1-2H3;1-2H3/q+1;. The van der Waals surface area contributed by atoms with E-state index in [-0.39, 0.29) is 0 Å². The van der Waals surface area contributed by atoms with Gasteiger partial charge in [0.1, 0.15) is 13.1 Å². The van der Waals surface area contributed by atoms with Gasteiger partial charge in [-0.3, -0.25) is 0 Å². The highest BCUT2D eigenvalue weighted by Crippen LogP contribution is 2.00. The highest BCUT2D eigenvalue weighted by molar-refractivity contribution is 4.40. The van der Waals surface area contributed by atoms with E-state index in [1.807, 2.05) is 13.8 Å². The number of likely N-dealkylation sites (N-methyl/N-ethyl adjacent to an activating group) is 1. The van der Waals surface area contributed by atoms with Crippen molar-refractivity contribution in [3.05, 3.63) is 0 Å². The maximum atomic E-state index is 5.19. The van der Waals surface area contributed by atoms with E-state index >= 15 is 0 Å². The maximum Gasteiger partial charge on any atom is 0.102 e. The van der Waals surface area contributed by atoms with Gasteiger partial charge in [0.2, 0.25) is 0 Å². The maximum absolute atomic E-state index is 5.19. The summed E-state index contributed by atoms with van der Waals surface area (Å²) in [6.45, 7) is 8.21. The molecule has 0 amide bonds. The van der Waals surface area contributed by atoms with E-state index in [1.165, 1.54) is 13.1 Å². The summed E-state index contributed by atoms with van der Waals surface area (Å²) in [4.78, 5) is 0. The number of quaternary nitrogens is 1. The molecule has 2 nitrogen and oxygen atoms in total. The van der Waals surface area contributed by atoms with Crippen molar-refractivity contribution in [2.75, 3.05) is 40.4 Å². The monoisotopic (exact) mass is 146 g/mol. The SMILES string of the molecule is CC.C[N+]1(C)CCOCC1. The lowest BCUT2D eigenvalue weighted by Crippen LogP contribution is -2.48. The van der Waals surface area contributed by atoms with Crippen LogP contribution in [-0.4, -0.2) is 44.9 Å². The van der Waals surface area contributed by atoms with E-state index < -0.39 is 0 Å². The average Bonchev–Trinajstić information content (AvgIpc) is 1.92. The van der Waals surface area contributed by atoms with Crippen LogP contribution in [-0.2, 0) is 4.74 Å². The Morgan fingerprint density at radius 3 is 1.60 bits per heavy atom. The van der Waals surface area contributed by atoms with Gasteiger partial charge in [-0.2, -0.15) is 0 Å².